The Kier molecular flexibility index (Phi) is 14.5. The molecule has 2 aromatic rings. The molecule has 1 saturated heterocycles. The van der Waals surface area contributed by atoms with E-state index in [-0.39, 0.29) is 42.1 Å². The Morgan fingerprint density at radius 2 is 1.84 bits per heavy atom. The van der Waals surface area contributed by atoms with E-state index in [9.17, 15) is 18.3 Å². The number of anilines is 2. The summed E-state index contributed by atoms with van der Waals surface area (Å²) in [5.41, 5.74) is 0.739. The number of aliphatic hydroxyl groups is 1. The van der Waals surface area contributed by atoms with Gasteiger partial charge < -0.3 is 26.2 Å². The number of rotatable bonds is 15. The highest BCUT2D eigenvalue weighted by atomic mass is 32.2. The molecule has 1 aliphatic rings. The monoisotopic (exact) mass is 636 g/mol. The molecule has 12 heteroatoms. The van der Waals surface area contributed by atoms with Gasteiger partial charge in [-0.1, -0.05) is 57.0 Å². The highest BCUT2D eigenvalue weighted by Gasteiger charge is 2.33. The van der Waals surface area contributed by atoms with E-state index in [1.165, 1.54) is 12.1 Å². The third-order valence-electron chi connectivity index (χ3n) is 7.50. The average Bonchev–Trinajstić information content (AvgIpc) is 3.31. The van der Waals surface area contributed by atoms with Crippen molar-refractivity contribution in [2.45, 2.75) is 84.4 Å². The number of hydrogen-bond acceptors (Lipinski definition) is 7. The maximum Gasteiger partial charge on any atom is 0.290 e. The lowest BCUT2D eigenvalue weighted by Gasteiger charge is -2.31. The van der Waals surface area contributed by atoms with Gasteiger partial charge in [0.15, 0.2) is 5.82 Å². The molecule has 0 spiro atoms. The first-order valence-corrected chi connectivity index (χ1v) is 16.8. The molecule has 1 amide bonds. The molecule has 1 aliphatic heterocycles. The standard InChI is InChI=1S/C31H47FN4O4S.CH2O2/c1-6-33-24-19-25(29(32)27(20-24)36-16-11-17-41(36,39)40)30(38)35-26(18-23-13-8-7-9-14-23)28(37)21-34-31(4,5)15-10-12-22(2)3;2-1-3/h7-9,13-14,19-20,22,26,28,33-34,37H,6,10-12,15-18,21H2,1-5H3,(H,35,38);1H,(H,2,3). The van der Waals surface area contributed by atoms with Gasteiger partial charge in [0, 0.05) is 30.9 Å². The average molecular weight is 637 g/mol. The van der Waals surface area contributed by atoms with Crippen molar-refractivity contribution in [3.8, 4) is 0 Å². The Morgan fingerprint density at radius 1 is 1.18 bits per heavy atom. The molecule has 3 rings (SSSR count). The number of carbonyl (C=O) groups is 2. The van der Waals surface area contributed by atoms with Crippen molar-refractivity contribution < 1.29 is 32.6 Å². The fourth-order valence-electron chi connectivity index (χ4n) is 5.13. The van der Waals surface area contributed by atoms with Gasteiger partial charge in [0.05, 0.1) is 29.1 Å². The predicted molar refractivity (Wildman–Crippen MR) is 173 cm³/mol. The fourth-order valence-corrected chi connectivity index (χ4v) is 6.69. The zero-order chi connectivity index (χ0) is 32.9. The molecule has 246 valence electrons. The van der Waals surface area contributed by atoms with E-state index in [0.717, 1.165) is 29.1 Å². The topological polar surface area (TPSA) is 148 Å². The van der Waals surface area contributed by atoms with Gasteiger partial charge in [-0.3, -0.25) is 13.9 Å². The van der Waals surface area contributed by atoms with Crippen LogP contribution >= 0.6 is 0 Å². The van der Waals surface area contributed by atoms with Gasteiger partial charge in [0.1, 0.15) is 0 Å². The quantitative estimate of drug-likeness (QED) is 0.181. The van der Waals surface area contributed by atoms with Crippen LogP contribution in [0.4, 0.5) is 15.8 Å². The van der Waals surface area contributed by atoms with Gasteiger partial charge in [-0.15, -0.1) is 0 Å². The summed E-state index contributed by atoms with van der Waals surface area (Å²) in [6.07, 6.45) is 2.90. The van der Waals surface area contributed by atoms with Crippen molar-refractivity contribution in [2.75, 3.05) is 35.0 Å². The number of benzene rings is 2. The number of nitrogens with zero attached hydrogens (tertiary/aromatic N) is 1. The van der Waals surface area contributed by atoms with Crippen LogP contribution < -0.4 is 20.3 Å². The van der Waals surface area contributed by atoms with E-state index in [0.29, 0.717) is 31.0 Å². The van der Waals surface area contributed by atoms with E-state index in [1.54, 1.807) is 0 Å². The molecule has 0 aliphatic carbocycles. The van der Waals surface area contributed by atoms with E-state index < -0.39 is 33.9 Å². The third kappa shape index (κ3) is 11.4. The lowest BCUT2D eigenvalue weighted by molar-refractivity contribution is -0.122. The van der Waals surface area contributed by atoms with Crippen LogP contribution in [0.15, 0.2) is 42.5 Å². The number of aliphatic hydroxyl groups excluding tert-OH is 1. The summed E-state index contributed by atoms with van der Waals surface area (Å²) in [5.74, 6) is -1.05. The summed E-state index contributed by atoms with van der Waals surface area (Å²) in [5, 5.41) is 27.5. The number of carboxylic acid groups (broad SMARTS) is 1. The molecule has 2 aromatic carbocycles. The van der Waals surface area contributed by atoms with Crippen LogP contribution in [0.5, 0.6) is 0 Å². The van der Waals surface area contributed by atoms with Crippen molar-refractivity contribution in [3.05, 3.63) is 59.4 Å². The molecule has 2 atom stereocenters. The number of nitrogens with one attached hydrogen (secondary N) is 3. The minimum Gasteiger partial charge on any atom is -0.483 e. The number of halogens is 1. The Hall–Kier alpha value is -3.22. The Bertz CT molecular complexity index is 1310. The molecular formula is C32H49FN4O6S. The first kappa shape index (κ1) is 37.0. The van der Waals surface area contributed by atoms with Crippen LogP contribution in [-0.4, -0.2) is 74.1 Å². The van der Waals surface area contributed by atoms with Crippen molar-refractivity contribution >= 4 is 33.8 Å². The van der Waals surface area contributed by atoms with Gasteiger partial charge >= 0.3 is 0 Å². The fraction of sp³-hybridized carbons (Fsp3) is 0.562. The molecule has 1 heterocycles. The summed E-state index contributed by atoms with van der Waals surface area (Å²) < 4.78 is 42.0. The van der Waals surface area contributed by atoms with Gasteiger partial charge in [-0.25, -0.2) is 12.8 Å². The smallest absolute Gasteiger partial charge is 0.290 e. The van der Waals surface area contributed by atoms with Gasteiger partial charge in [-0.2, -0.15) is 0 Å². The van der Waals surface area contributed by atoms with E-state index in [4.69, 9.17) is 9.90 Å². The molecule has 5 N–H and O–H groups in total. The summed E-state index contributed by atoms with van der Waals surface area (Å²) in [6, 6.07) is 11.6. The zero-order valence-electron chi connectivity index (χ0n) is 26.5. The number of carbonyl (C=O) groups excluding carboxylic acids is 1. The Labute approximate surface area is 261 Å². The maximum absolute atomic E-state index is 15.8. The van der Waals surface area contributed by atoms with Crippen LogP contribution in [0.3, 0.4) is 0 Å². The lowest BCUT2D eigenvalue weighted by Crippen LogP contribution is -2.52. The first-order chi connectivity index (χ1) is 20.7. The van der Waals surface area contributed by atoms with Crippen molar-refractivity contribution in [1.82, 2.24) is 10.6 Å². The van der Waals surface area contributed by atoms with Crippen LogP contribution in [0, 0.1) is 11.7 Å². The number of β-amino-alcohol motifs (C(OH)–C–C–N with tert-alkyl or cyclic N) is 1. The van der Waals surface area contributed by atoms with Crippen molar-refractivity contribution in [2.24, 2.45) is 5.92 Å². The summed E-state index contributed by atoms with van der Waals surface area (Å²) in [6.45, 7) is 11.1. The minimum atomic E-state index is -3.66. The highest BCUT2D eigenvalue weighted by molar-refractivity contribution is 7.93. The van der Waals surface area contributed by atoms with Crippen LogP contribution in [0.2, 0.25) is 0 Å². The molecule has 0 bridgehead atoms. The number of sulfonamides is 1. The maximum atomic E-state index is 15.8. The normalized spacial score (nSPS) is 15.7. The highest BCUT2D eigenvalue weighted by Crippen LogP contribution is 2.32. The van der Waals surface area contributed by atoms with Crippen molar-refractivity contribution in [3.63, 3.8) is 0 Å². The van der Waals surface area contributed by atoms with Gasteiger partial charge in [0.2, 0.25) is 10.0 Å². The SMILES string of the molecule is CCNc1cc(C(=O)NC(Cc2ccccc2)C(O)CNC(C)(C)CCCC(C)C)c(F)c(N2CCCS2(=O)=O)c1.O=CO. The summed E-state index contributed by atoms with van der Waals surface area (Å²) >= 11 is 0. The molecule has 2 unspecified atom stereocenters. The Balaban J connectivity index is 0.00000216. The van der Waals surface area contributed by atoms with Crippen molar-refractivity contribution in [1.29, 1.82) is 0 Å². The molecule has 0 radical (unpaired) electrons. The second kappa shape index (κ2) is 17.3. The third-order valence-corrected chi connectivity index (χ3v) is 9.35. The summed E-state index contributed by atoms with van der Waals surface area (Å²) in [7, 11) is -3.66. The molecular weight excluding hydrogens is 587 g/mol. The predicted octanol–water partition coefficient (Wildman–Crippen LogP) is 4.39. The van der Waals surface area contributed by atoms with Crippen LogP contribution in [0.1, 0.15) is 76.2 Å². The van der Waals surface area contributed by atoms with Gasteiger partial charge in [-0.05, 0) is 63.6 Å². The lowest BCUT2D eigenvalue weighted by atomic mass is 9.93. The van der Waals surface area contributed by atoms with E-state index in [1.807, 2.05) is 37.3 Å². The summed E-state index contributed by atoms with van der Waals surface area (Å²) in [4.78, 5) is 21.9. The van der Waals surface area contributed by atoms with E-state index in [2.05, 4.69) is 43.6 Å². The molecule has 44 heavy (non-hydrogen) atoms. The second-order valence-corrected chi connectivity index (χ2v) is 14.1. The Morgan fingerprint density at radius 3 is 2.41 bits per heavy atom. The minimum absolute atomic E-state index is 0.0639. The molecule has 1 fully saturated rings. The van der Waals surface area contributed by atoms with Crippen LogP contribution in [-0.2, 0) is 21.2 Å². The number of hydrogen-bond donors (Lipinski definition) is 5. The van der Waals surface area contributed by atoms with Crippen LogP contribution in [0.25, 0.3) is 0 Å². The molecule has 0 saturated carbocycles. The largest absolute Gasteiger partial charge is 0.483 e. The molecule has 10 nitrogen and oxygen atoms in total. The first-order valence-electron chi connectivity index (χ1n) is 15.2. The second-order valence-electron chi connectivity index (χ2n) is 12.1. The van der Waals surface area contributed by atoms with E-state index >= 15 is 4.39 Å². The number of amides is 1. The van der Waals surface area contributed by atoms with Gasteiger partial charge in [0.25, 0.3) is 12.4 Å². The molecule has 0 aromatic heterocycles. The zero-order valence-corrected chi connectivity index (χ0v) is 27.3.